The summed E-state index contributed by atoms with van der Waals surface area (Å²) in [5, 5.41) is 8.86. The fourth-order valence-electron chi connectivity index (χ4n) is 3.38. The summed E-state index contributed by atoms with van der Waals surface area (Å²) < 4.78 is 0. The maximum Gasteiger partial charge on any atom is 0.255 e. The summed E-state index contributed by atoms with van der Waals surface area (Å²) >= 11 is 0. The molecule has 5 aromatic rings. The van der Waals surface area contributed by atoms with Gasteiger partial charge in [-0.3, -0.25) is 4.79 Å². The minimum atomic E-state index is -0.0389. The first kappa shape index (κ1) is 12.4. The second kappa shape index (κ2) is 4.43. The third-order valence-corrected chi connectivity index (χ3v) is 4.55. The lowest BCUT2D eigenvalue weighted by atomic mass is 9.98. The number of hydrogen-bond donors (Lipinski definition) is 1. The van der Waals surface area contributed by atoms with E-state index in [0.717, 1.165) is 21.5 Å². The molecule has 2 heteroatoms. The van der Waals surface area contributed by atoms with E-state index in [1.54, 1.807) is 6.20 Å². The van der Waals surface area contributed by atoms with E-state index in [1.807, 2.05) is 12.1 Å². The highest BCUT2D eigenvalue weighted by Crippen LogP contribution is 2.29. The second-order valence-corrected chi connectivity index (χ2v) is 5.99. The number of pyridine rings is 1. The van der Waals surface area contributed by atoms with Crippen LogP contribution in [0.4, 0.5) is 0 Å². The molecule has 0 atom stereocenters. The summed E-state index contributed by atoms with van der Waals surface area (Å²) in [6.07, 6.45) is 1.70. The van der Waals surface area contributed by atoms with Gasteiger partial charge >= 0.3 is 0 Å². The number of nitrogens with one attached hydrogen (secondary N) is 1. The Hall–Kier alpha value is -3.13. The maximum absolute atomic E-state index is 12.0. The van der Waals surface area contributed by atoms with Crippen LogP contribution in [0, 0.1) is 0 Å². The third-order valence-electron chi connectivity index (χ3n) is 4.55. The van der Waals surface area contributed by atoms with E-state index < -0.39 is 0 Å². The fourth-order valence-corrected chi connectivity index (χ4v) is 3.38. The molecule has 1 aromatic heterocycles. The summed E-state index contributed by atoms with van der Waals surface area (Å²) in [7, 11) is 0. The number of fused-ring (bicyclic) bond motifs is 4. The topological polar surface area (TPSA) is 32.9 Å². The number of rotatable bonds is 0. The smallest absolute Gasteiger partial charge is 0.255 e. The van der Waals surface area contributed by atoms with Crippen molar-refractivity contribution in [2.75, 3.05) is 0 Å². The average molecular weight is 295 g/mol. The van der Waals surface area contributed by atoms with E-state index in [-0.39, 0.29) is 5.56 Å². The molecule has 0 radical (unpaired) electrons. The van der Waals surface area contributed by atoms with Crippen LogP contribution in [0.15, 0.2) is 77.7 Å². The molecule has 0 unspecified atom stereocenters. The Kier molecular flexibility index (Phi) is 2.39. The molecule has 0 aliphatic rings. The molecule has 0 saturated heterocycles. The predicted molar refractivity (Wildman–Crippen MR) is 97.1 cm³/mol. The van der Waals surface area contributed by atoms with Crippen LogP contribution in [0.1, 0.15) is 0 Å². The summed E-state index contributed by atoms with van der Waals surface area (Å²) in [4.78, 5) is 14.8. The molecule has 0 aliphatic carbocycles. The third kappa shape index (κ3) is 1.85. The Balaban J connectivity index is 1.95. The molecular weight excluding hydrogens is 282 g/mol. The Labute approximate surface area is 132 Å². The van der Waals surface area contributed by atoms with Crippen LogP contribution in [0.25, 0.3) is 43.1 Å². The van der Waals surface area contributed by atoms with Crippen LogP contribution in [-0.2, 0) is 0 Å². The SMILES string of the molecule is O=c1[nH]ccc2cc3cc4cc5ccccc5cc4cc3cc12. The zero-order valence-electron chi connectivity index (χ0n) is 12.3. The van der Waals surface area contributed by atoms with Crippen LogP contribution in [0.3, 0.4) is 0 Å². The van der Waals surface area contributed by atoms with Crippen LogP contribution in [0.2, 0.25) is 0 Å². The zero-order valence-corrected chi connectivity index (χ0v) is 12.3. The number of aromatic amines is 1. The minimum Gasteiger partial charge on any atom is -0.329 e. The van der Waals surface area contributed by atoms with Crippen molar-refractivity contribution in [3.8, 4) is 0 Å². The molecule has 0 amide bonds. The lowest BCUT2D eigenvalue weighted by molar-refractivity contribution is 1.28. The van der Waals surface area contributed by atoms with Gasteiger partial charge in [-0.25, -0.2) is 0 Å². The predicted octanol–water partition coefficient (Wildman–Crippen LogP) is 4.99. The molecule has 0 fully saturated rings. The molecule has 23 heavy (non-hydrogen) atoms. The van der Waals surface area contributed by atoms with Crippen molar-refractivity contribution < 1.29 is 0 Å². The summed E-state index contributed by atoms with van der Waals surface area (Å²) in [6, 6.07) is 23.2. The Morgan fingerprint density at radius 3 is 1.74 bits per heavy atom. The second-order valence-electron chi connectivity index (χ2n) is 5.99. The normalized spacial score (nSPS) is 11.7. The fraction of sp³-hybridized carbons (Fsp3) is 0. The highest BCUT2D eigenvalue weighted by molar-refractivity contribution is 6.07. The van der Waals surface area contributed by atoms with Crippen molar-refractivity contribution in [2.24, 2.45) is 0 Å². The molecular formula is C21H13NO. The number of H-pyrrole nitrogens is 1. The number of aromatic nitrogens is 1. The van der Waals surface area contributed by atoms with Crippen LogP contribution in [0.5, 0.6) is 0 Å². The first-order valence-electron chi connectivity index (χ1n) is 7.66. The Morgan fingerprint density at radius 2 is 1.09 bits per heavy atom. The molecule has 0 aliphatic heterocycles. The van der Waals surface area contributed by atoms with Gasteiger partial charge in [0.15, 0.2) is 0 Å². The van der Waals surface area contributed by atoms with E-state index in [2.05, 4.69) is 59.6 Å². The van der Waals surface area contributed by atoms with Crippen molar-refractivity contribution in [3.05, 3.63) is 83.3 Å². The van der Waals surface area contributed by atoms with E-state index in [0.29, 0.717) is 0 Å². The highest BCUT2D eigenvalue weighted by atomic mass is 16.1. The average Bonchev–Trinajstić information content (AvgIpc) is 2.57. The first-order valence-corrected chi connectivity index (χ1v) is 7.66. The lowest BCUT2D eigenvalue weighted by Crippen LogP contribution is -2.03. The van der Waals surface area contributed by atoms with Gasteiger partial charge in [-0.2, -0.15) is 0 Å². The van der Waals surface area contributed by atoms with Crippen molar-refractivity contribution in [1.29, 1.82) is 0 Å². The van der Waals surface area contributed by atoms with Crippen LogP contribution < -0.4 is 5.56 Å². The van der Waals surface area contributed by atoms with Gasteiger partial charge in [0.1, 0.15) is 0 Å². The van der Waals surface area contributed by atoms with Gasteiger partial charge in [0.25, 0.3) is 5.56 Å². The monoisotopic (exact) mass is 295 g/mol. The van der Waals surface area contributed by atoms with E-state index in [9.17, 15) is 4.79 Å². The lowest BCUT2D eigenvalue weighted by Gasteiger charge is -2.06. The van der Waals surface area contributed by atoms with Gasteiger partial charge in [-0.15, -0.1) is 0 Å². The maximum atomic E-state index is 12.0. The van der Waals surface area contributed by atoms with E-state index in [1.165, 1.54) is 21.5 Å². The quantitative estimate of drug-likeness (QED) is 0.401. The zero-order chi connectivity index (χ0) is 15.4. The van der Waals surface area contributed by atoms with E-state index in [4.69, 9.17) is 0 Å². The molecule has 4 aromatic carbocycles. The van der Waals surface area contributed by atoms with Gasteiger partial charge in [0.05, 0.1) is 0 Å². The van der Waals surface area contributed by atoms with Gasteiger partial charge in [0, 0.05) is 11.6 Å². The number of benzene rings is 4. The van der Waals surface area contributed by atoms with Crippen molar-refractivity contribution in [1.82, 2.24) is 4.98 Å². The minimum absolute atomic E-state index is 0.0389. The van der Waals surface area contributed by atoms with Gasteiger partial charge in [-0.05, 0) is 80.2 Å². The van der Waals surface area contributed by atoms with Gasteiger partial charge < -0.3 is 4.98 Å². The number of hydrogen-bond acceptors (Lipinski definition) is 1. The molecule has 1 heterocycles. The summed E-state index contributed by atoms with van der Waals surface area (Å²) in [5.41, 5.74) is -0.0389. The molecule has 5 rings (SSSR count). The van der Waals surface area contributed by atoms with Gasteiger partial charge in [-0.1, -0.05) is 24.3 Å². The van der Waals surface area contributed by atoms with Gasteiger partial charge in [0.2, 0.25) is 0 Å². The van der Waals surface area contributed by atoms with E-state index >= 15 is 0 Å². The van der Waals surface area contributed by atoms with Crippen molar-refractivity contribution in [3.63, 3.8) is 0 Å². The summed E-state index contributed by atoms with van der Waals surface area (Å²) in [5.74, 6) is 0. The highest BCUT2D eigenvalue weighted by Gasteiger charge is 2.04. The molecule has 0 spiro atoms. The summed E-state index contributed by atoms with van der Waals surface area (Å²) in [6.45, 7) is 0. The Morgan fingerprint density at radius 1 is 0.565 bits per heavy atom. The molecule has 108 valence electrons. The van der Waals surface area contributed by atoms with Crippen molar-refractivity contribution >= 4 is 43.1 Å². The van der Waals surface area contributed by atoms with Crippen molar-refractivity contribution in [2.45, 2.75) is 0 Å². The molecule has 0 saturated carbocycles. The molecule has 1 N–H and O–H groups in total. The largest absolute Gasteiger partial charge is 0.329 e. The Bertz CT molecular complexity index is 1280. The molecule has 0 bridgehead atoms. The standard InChI is InChI=1S/C21H13NO/c23-21-20-12-19-11-17-8-14-4-2-1-3-13(14)7-16(17)10-18(19)9-15(20)5-6-22-21/h1-12H,(H,22,23). The first-order chi connectivity index (χ1) is 11.3. The van der Waals surface area contributed by atoms with Crippen LogP contribution in [-0.4, -0.2) is 4.98 Å². The van der Waals surface area contributed by atoms with Crippen LogP contribution >= 0.6 is 0 Å². The molecule has 2 nitrogen and oxygen atoms in total.